The van der Waals surface area contributed by atoms with Crippen molar-refractivity contribution in [2.75, 3.05) is 13.7 Å². The maximum Gasteiger partial charge on any atom is 0.354 e. The maximum atomic E-state index is 12.6. The summed E-state index contributed by atoms with van der Waals surface area (Å²) in [6, 6.07) is 12.8. The van der Waals surface area contributed by atoms with Crippen LogP contribution in [-0.2, 0) is 27.4 Å². The van der Waals surface area contributed by atoms with Crippen molar-refractivity contribution in [2.45, 2.75) is 26.9 Å². The lowest BCUT2D eigenvalue weighted by atomic mass is 10.1. The molecule has 0 saturated carbocycles. The Bertz CT molecular complexity index is 901. The van der Waals surface area contributed by atoms with E-state index in [1.165, 1.54) is 14.0 Å². The number of hydrogen-bond acceptors (Lipinski definition) is 5. The second-order valence-corrected chi connectivity index (χ2v) is 6.93. The summed E-state index contributed by atoms with van der Waals surface area (Å²) in [5, 5.41) is 5.75. The van der Waals surface area contributed by atoms with Gasteiger partial charge in [-0.1, -0.05) is 53.5 Å². The Morgan fingerprint density at radius 1 is 1.07 bits per heavy atom. The molecule has 0 bridgehead atoms. The lowest BCUT2D eigenvalue weighted by Crippen LogP contribution is -2.27. The van der Waals surface area contributed by atoms with Gasteiger partial charge in [0, 0.05) is 17.6 Å². The van der Waals surface area contributed by atoms with Gasteiger partial charge in [-0.05, 0) is 31.5 Å². The van der Waals surface area contributed by atoms with Gasteiger partial charge in [0.25, 0.3) is 0 Å². The van der Waals surface area contributed by atoms with E-state index in [1.807, 2.05) is 30.3 Å². The Labute approximate surface area is 180 Å². The summed E-state index contributed by atoms with van der Waals surface area (Å²) in [6.07, 6.45) is -0.0976. The molecule has 0 N–H and O–H groups in total. The first-order valence-corrected chi connectivity index (χ1v) is 9.71. The fourth-order valence-corrected chi connectivity index (χ4v) is 2.90. The van der Waals surface area contributed by atoms with Crippen molar-refractivity contribution in [1.82, 2.24) is 5.01 Å². The Morgan fingerprint density at radius 3 is 2.38 bits per heavy atom. The van der Waals surface area contributed by atoms with Gasteiger partial charge >= 0.3 is 5.97 Å². The molecule has 1 amide bonds. The summed E-state index contributed by atoms with van der Waals surface area (Å²) in [4.78, 5) is 24.3. The number of hydrogen-bond donors (Lipinski definition) is 0. The summed E-state index contributed by atoms with van der Waals surface area (Å²) >= 11 is 12.6. The Hall–Kier alpha value is -2.57. The van der Waals surface area contributed by atoms with Crippen LogP contribution in [0, 0.1) is 0 Å². The minimum atomic E-state index is -0.583. The van der Waals surface area contributed by atoms with Gasteiger partial charge in [0.15, 0.2) is 0 Å². The van der Waals surface area contributed by atoms with Gasteiger partial charge in [0.1, 0.15) is 18.1 Å². The van der Waals surface area contributed by atoms with Crippen LogP contribution in [0.3, 0.4) is 0 Å². The van der Waals surface area contributed by atoms with Crippen molar-refractivity contribution in [1.29, 1.82) is 0 Å². The van der Waals surface area contributed by atoms with Gasteiger partial charge in [-0.3, -0.25) is 4.79 Å². The largest absolute Gasteiger partial charge is 0.487 e. The van der Waals surface area contributed by atoms with E-state index in [0.29, 0.717) is 21.4 Å². The van der Waals surface area contributed by atoms with Crippen LogP contribution < -0.4 is 4.74 Å². The smallest absolute Gasteiger partial charge is 0.354 e. The molecule has 0 atom stereocenters. The second-order valence-electron chi connectivity index (χ2n) is 6.11. The minimum Gasteiger partial charge on any atom is -0.487 e. The molecule has 2 aromatic carbocycles. The van der Waals surface area contributed by atoms with E-state index in [0.717, 1.165) is 10.6 Å². The molecule has 29 heavy (non-hydrogen) atoms. The normalized spacial score (nSPS) is 11.1. The molecule has 2 aromatic rings. The molecule has 8 heteroatoms. The van der Waals surface area contributed by atoms with Crippen molar-refractivity contribution in [2.24, 2.45) is 5.10 Å². The molecular weight excluding hydrogens is 415 g/mol. The van der Waals surface area contributed by atoms with Crippen molar-refractivity contribution in [3.63, 3.8) is 0 Å². The number of halogens is 2. The molecule has 2 rings (SSSR count). The zero-order chi connectivity index (χ0) is 21.4. The van der Waals surface area contributed by atoms with Crippen LogP contribution in [0.4, 0.5) is 0 Å². The standard InChI is InChI=1S/C21H22Cl2N2O4/c1-4-28-21(27)14(2)24-25(3)19(26)12-16-17(22)10-11-18(23)20(16)29-13-15-8-6-5-7-9-15/h5-11H,4,12-13H2,1-3H3/b24-14+. The molecule has 0 radical (unpaired) electrons. The molecule has 0 spiro atoms. The van der Waals surface area contributed by atoms with Crippen molar-refractivity contribution >= 4 is 40.8 Å². The van der Waals surface area contributed by atoms with Crippen LogP contribution in [0.25, 0.3) is 0 Å². The van der Waals surface area contributed by atoms with Crippen LogP contribution in [0.5, 0.6) is 5.75 Å². The molecule has 154 valence electrons. The number of hydrazone groups is 1. The van der Waals surface area contributed by atoms with Gasteiger partial charge in [-0.2, -0.15) is 5.10 Å². The first kappa shape index (κ1) is 22.7. The van der Waals surface area contributed by atoms with E-state index in [9.17, 15) is 9.59 Å². The Kier molecular flexibility index (Phi) is 8.49. The fourth-order valence-electron chi connectivity index (χ4n) is 2.45. The molecule has 0 fully saturated rings. The van der Waals surface area contributed by atoms with Gasteiger partial charge in [0.05, 0.1) is 18.1 Å². The van der Waals surface area contributed by atoms with Crippen molar-refractivity contribution in [3.8, 4) is 5.75 Å². The zero-order valence-corrected chi connectivity index (χ0v) is 18.0. The van der Waals surface area contributed by atoms with Crippen molar-refractivity contribution < 1.29 is 19.1 Å². The minimum absolute atomic E-state index is 0.0699. The van der Waals surface area contributed by atoms with E-state index in [1.54, 1.807) is 19.1 Å². The molecule has 0 aromatic heterocycles. The van der Waals surface area contributed by atoms with Crippen LogP contribution in [0.15, 0.2) is 47.6 Å². The number of amides is 1. The first-order valence-electron chi connectivity index (χ1n) is 8.96. The maximum absolute atomic E-state index is 12.6. The highest BCUT2D eigenvalue weighted by atomic mass is 35.5. The number of rotatable bonds is 8. The molecule has 0 saturated heterocycles. The van der Waals surface area contributed by atoms with Crippen LogP contribution in [0.2, 0.25) is 10.0 Å². The second kappa shape index (κ2) is 10.8. The summed E-state index contributed by atoms with van der Waals surface area (Å²) in [6.45, 7) is 3.67. The van der Waals surface area contributed by atoms with Gasteiger partial charge in [0.2, 0.25) is 5.91 Å². The predicted octanol–water partition coefficient (Wildman–Crippen LogP) is 4.51. The lowest BCUT2D eigenvalue weighted by Gasteiger charge is -2.17. The SMILES string of the molecule is CCOC(=O)/C(C)=N/N(C)C(=O)Cc1c(Cl)ccc(Cl)c1OCc1ccccc1. The number of nitrogens with zero attached hydrogens (tertiary/aromatic N) is 2. The lowest BCUT2D eigenvalue weighted by molar-refractivity contribution is -0.135. The molecule has 0 aliphatic rings. The third-order valence-electron chi connectivity index (χ3n) is 3.94. The van der Waals surface area contributed by atoms with Crippen molar-refractivity contribution in [3.05, 3.63) is 63.6 Å². The predicted molar refractivity (Wildman–Crippen MR) is 113 cm³/mol. The van der Waals surface area contributed by atoms with Crippen LogP contribution in [-0.4, -0.2) is 36.3 Å². The number of carbonyl (C=O) groups is 2. The summed E-state index contributed by atoms with van der Waals surface area (Å²) in [7, 11) is 1.45. The number of benzene rings is 2. The quantitative estimate of drug-likeness (QED) is 0.346. The van der Waals surface area contributed by atoms with E-state index in [2.05, 4.69) is 5.10 Å². The molecule has 0 aliphatic carbocycles. The van der Waals surface area contributed by atoms with Gasteiger partial charge in [-0.15, -0.1) is 0 Å². The van der Waals surface area contributed by atoms with Crippen LogP contribution in [0.1, 0.15) is 25.0 Å². The highest BCUT2D eigenvalue weighted by Gasteiger charge is 2.19. The molecule has 0 heterocycles. The number of ether oxygens (including phenoxy) is 2. The molecular formula is C21H22Cl2N2O4. The van der Waals surface area contributed by atoms with E-state index >= 15 is 0 Å². The number of carbonyl (C=O) groups excluding carboxylic acids is 2. The summed E-state index contributed by atoms with van der Waals surface area (Å²) < 4.78 is 10.7. The average Bonchev–Trinajstić information content (AvgIpc) is 2.71. The highest BCUT2D eigenvalue weighted by molar-refractivity contribution is 6.36. The van der Waals surface area contributed by atoms with Crippen LogP contribution >= 0.6 is 23.2 Å². The monoisotopic (exact) mass is 436 g/mol. The van der Waals surface area contributed by atoms with E-state index in [-0.39, 0.29) is 31.3 Å². The molecule has 6 nitrogen and oxygen atoms in total. The Balaban J connectivity index is 2.18. The number of likely N-dealkylation sites (N-methyl/N-ethyl adjacent to an activating group) is 1. The first-order chi connectivity index (χ1) is 13.8. The highest BCUT2D eigenvalue weighted by Crippen LogP contribution is 2.35. The third-order valence-corrected chi connectivity index (χ3v) is 4.59. The zero-order valence-electron chi connectivity index (χ0n) is 16.4. The van der Waals surface area contributed by atoms with E-state index in [4.69, 9.17) is 32.7 Å². The topological polar surface area (TPSA) is 68.2 Å². The third kappa shape index (κ3) is 6.48. The summed E-state index contributed by atoms with van der Waals surface area (Å²) in [5.74, 6) is -0.627. The number of esters is 1. The van der Waals surface area contributed by atoms with E-state index < -0.39 is 5.97 Å². The molecule has 0 unspecified atom stereocenters. The Morgan fingerprint density at radius 2 is 1.72 bits per heavy atom. The fraction of sp³-hybridized carbons (Fsp3) is 0.286. The summed E-state index contributed by atoms with van der Waals surface area (Å²) in [5.41, 5.74) is 1.48. The van der Waals surface area contributed by atoms with Gasteiger partial charge < -0.3 is 9.47 Å². The van der Waals surface area contributed by atoms with Gasteiger partial charge in [-0.25, -0.2) is 9.80 Å². The molecule has 0 aliphatic heterocycles. The average molecular weight is 437 g/mol.